The van der Waals surface area contributed by atoms with E-state index in [1.54, 1.807) is 6.08 Å². The number of aromatic nitrogens is 1. The second-order valence-electron chi connectivity index (χ2n) is 7.56. The van der Waals surface area contributed by atoms with Crippen LogP contribution in [0.5, 0.6) is 0 Å². The smallest absolute Gasteiger partial charge is 0.307 e. The first-order chi connectivity index (χ1) is 14.9. The molecule has 8 heteroatoms. The van der Waals surface area contributed by atoms with E-state index >= 15 is 0 Å². The van der Waals surface area contributed by atoms with Gasteiger partial charge in [-0.05, 0) is 55.8 Å². The largest absolute Gasteiger partial charge is 0.469 e. The number of nitrogens with one attached hydrogen (secondary N) is 1. The number of nitrogens with zero attached hydrogens (tertiary/aromatic N) is 2. The first-order valence-electron chi connectivity index (χ1n) is 10.2. The molecular weight excluding hydrogens is 414 g/mol. The molecule has 1 fully saturated rings. The molecule has 2 aromatic heterocycles. The Morgan fingerprint density at radius 1 is 1.48 bits per heavy atom. The number of thiophene rings is 1. The third-order valence-electron chi connectivity index (χ3n) is 5.48. The molecule has 31 heavy (non-hydrogen) atoms. The Labute approximate surface area is 186 Å². The number of esters is 1. The molecule has 164 valence electrons. The van der Waals surface area contributed by atoms with E-state index in [-0.39, 0.29) is 18.1 Å². The lowest BCUT2D eigenvalue weighted by molar-refractivity contribution is -0.141. The van der Waals surface area contributed by atoms with Gasteiger partial charge in [-0.1, -0.05) is 6.07 Å². The highest BCUT2D eigenvalue weighted by Gasteiger charge is 2.23. The second-order valence-corrected chi connectivity index (χ2v) is 8.54. The third kappa shape index (κ3) is 5.63. The van der Waals surface area contributed by atoms with Crippen molar-refractivity contribution in [3.8, 4) is 6.07 Å². The van der Waals surface area contributed by atoms with Crippen LogP contribution in [-0.2, 0) is 25.6 Å². The maximum Gasteiger partial charge on any atom is 0.307 e. The van der Waals surface area contributed by atoms with Gasteiger partial charge in [0, 0.05) is 29.4 Å². The molecule has 2 atom stereocenters. The van der Waals surface area contributed by atoms with Crippen LogP contribution >= 0.6 is 11.3 Å². The number of rotatable bonds is 8. The highest BCUT2D eigenvalue weighted by molar-refractivity contribution is 7.10. The monoisotopic (exact) mass is 441 g/mol. The van der Waals surface area contributed by atoms with E-state index in [1.807, 2.05) is 43.5 Å². The minimum atomic E-state index is -0.552. The third-order valence-corrected chi connectivity index (χ3v) is 6.46. The van der Waals surface area contributed by atoms with Gasteiger partial charge in [-0.3, -0.25) is 9.59 Å². The summed E-state index contributed by atoms with van der Waals surface area (Å²) in [6.45, 7) is 5.55. The van der Waals surface area contributed by atoms with Crippen molar-refractivity contribution in [3.05, 3.63) is 51.0 Å². The number of carbonyl (C=O) groups excluding carboxylic acids is 2. The van der Waals surface area contributed by atoms with E-state index in [0.717, 1.165) is 47.8 Å². The molecule has 0 aromatic carbocycles. The number of hydrogen-bond donors (Lipinski definition) is 1. The van der Waals surface area contributed by atoms with Gasteiger partial charge in [0.25, 0.3) is 5.91 Å². The van der Waals surface area contributed by atoms with Crippen LogP contribution in [0.15, 0.2) is 29.2 Å². The summed E-state index contributed by atoms with van der Waals surface area (Å²) >= 11 is 1.43. The van der Waals surface area contributed by atoms with Gasteiger partial charge in [0.1, 0.15) is 11.6 Å². The van der Waals surface area contributed by atoms with Crippen LogP contribution in [0.2, 0.25) is 0 Å². The van der Waals surface area contributed by atoms with Crippen LogP contribution in [0.25, 0.3) is 6.08 Å². The molecule has 0 saturated carbocycles. The molecule has 2 unspecified atom stereocenters. The maximum absolute atomic E-state index is 12.9. The summed E-state index contributed by atoms with van der Waals surface area (Å²) in [5.41, 5.74) is 2.85. The van der Waals surface area contributed by atoms with Crippen molar-refractivity contribution in [2.75, 3.05) is 13.7 Å². The zero-order chi connectivity index (χ0) is 22.4. The number of amides is 1. The lowest BCUT2D eigenvalue weighted by Crippen LogP contribution is -2.30. The molecule has 1 saturated heterocycles. The maximum atomic E-state index is 12.9. The van der Waals surface area contributed by atoms with Crippen LogP contribution in [0.1, 0.15) is 47.1 Å². The van der Waals surface area contributed by atoms with Crippen LogP contribution in [-0.4, -0.2) is 36.3 Å². The minimum Gasteiger partial charge on any atom is -0.469 e. The number of methoxy groups -OCH3 is 1. The van der Waals surface area contributed by atoms with Crippen molar-refractivity contribution in [1.29, 1.82) is 5.26 Å². The van der Waals surface area contributed by atoms with E-state index < -0.39 is 17.9 Å². The summed E-state index contributed by atoms with van der Waals surface area (Å²) in [5, 5.41) is 14.3. The topological polar surface area (TPSA) is 93.4 Å². The van der Waals surface area contributed by atoms with Gasteiger partial charge >= 0.3 is 5.97 Å². The highest BCUT2D eigenvalue weighted by Crippen LogP contribution is 2.24. The molecule has 0 aliphatic carbocycles. The van der Waals surface area contributed by atoms with Crippen molar-refractivity contribution >= 4 is 29.3 Å². The Morgan fingerprint density at radius 2 is 2.29 bits per heavy atom. The van der Waals surface area contributed by atoms with E-state index in [9.17, 15) is 14.9 Å². The first kappa shape index (κ1) is 22.8. The number of hydrogen-bond acceptors (Lipinski definition) is 6. The number of ether oxygens (including phenoxy) is 2. The van der Waals surface area contributed by atoms with E-state index in [4.69, 9.17) is 9.47 Å². The van der Waals surface area contributed by atoms with Crippen molar-refractivity contribution in [2.24, 2.45) is 0 Å². The summed E-state index contributed by atoms with van der Waals surface area (Å²) in [6.07, 6.45) is 3.92. The molecule has 3 heterocycles. The molecule has 1 amide bonds. The summed E-state index contributed by atoms with van der Waals surface area (Å²) < 4.78 is 12.7. The second kappa shape index (κ2) is 10.4. The number of nitriles is 1. The molecule has 1 aliphatic rings. The van der Waals surface area contributed by atoms with Crippen molar-refractivity contribution in [2.45, 2.75) is 51.8 Å². The van der Waals surface area contributed by atoms with Gasteiger partial charge in [-0.15, -0.1) is 11.3 Å². The Bertz CT molecular complexity index is 995. The molecule has 7 nitrogen and oxygen atoms in total. The Hall–Kier alpha value is -2.89. The molecule has 2 aromatic rings. The predicted molar refractivity (Wildman–Crippen MR) is 118 cm³/mol. The standard InChI is InChI=1S/C23H27N3O4S/c1-15-10-17(16(2)26(15)14-19-6-4-8-30-19)11-18(13-24)23(28)25-20(12-22(27)29-3)21-7-5-9-31-21/h5,7,9-11,19-20H,4,6,8,12,14H2,1-3H3,(H,25,28)/b18-11+. The zero-order valence-corrected chi connectivity index (χ0v) is 18.8. The van der Waals surface area contributed by atoms with Gasteiger partial charge in [0.05, 0.1) is 25.7 Å². The molecular formula is C23H27N3O4S. The summed E-state index contributed by atoms with van der Waals surface area (Å²) in [7, 11) is 1.31. The lowest BCUT2D eigenvalue weighted by Gasteiger charge is -2.16. The van der Waals surface area contributed by atoms with Gasteiger partial charge in [0.15, 0.2) is 0 Å². The van der Waals surface area contributed by atoms with Crippen molar-refractivity contribution < 1.29 is 19.1 Å². The fraction of sp³-hybridized carbons (Fsp3) is 0.435. The van der Waals surface area contributed by atoms with Gasteiger partial charge in [-0.2, -0.15) is 5.26 Å². The van der Waals surface area contributed by atoms with Gasteiger partial charge < -0.3 is 19.4 Å². The molecule has 3 rings (SSSR count). The Morgan fingerprint density at radius 3 is 2.90 bits per heavy atom. The average Bonchev–Trinajstić information content (AvgIpc) is 3.51. The summed E-state index contributed by atoms with van der Waals surface area (Å²) in [6, 6.07) is 7.11. The minimum absolute atomic E-state index is 0.00262. The van der Waals surface area contributed by atoms with E-state index in [1.165, 1.54) is 18.4 Å². The Balaban J connectivity index is 1.79. The van der Waals surface area contributed by atoms with E-state index in [0.29, 0.717) is 0 Å². The Kier molecular flexibility index (Phi) is 7.66. The molecule has 1 N–H and O–H groups in total. The number of aryl methyl sites for hydroxylation is 1. The highest BCUT2D eigenvalue weighted by atomic mass is 32.1. The first-order valence-corrected chi connectivity index (χ1v) is 11.1. The normalized spacial score (nSPS) is 17.2. The average molecular weight is 442 g/mol. The zero-order valence-electron chi connectivity index (χ0n) is 18.0. The predicted octanol–water partition coefficient (Wildman–Crippen LogP) is 3.67. The SMILES string of the molecule is COC(=O)CC(NC(=O)/C(C#N)=C/c1cc(C)n(CC2CCCO2)c1C)c1cccs1. The number of carbonyl (C=O) groups is 2. The molecule has 0 radical (unpaired) electrons. The van der Waals surface area contributed by atoms with Crippen LogP contribution in [0.4, 0.5) is 0 Å². The van der Waals surface area contributed by atoms with Crippen LogP contribution in [0.3, 0.4) is 0 Å². The lowest BCUT2D eigenvalue weighted by atomic mass is 10.1. The summed E-state index contributed by atoms with van der Waals surface area (Å²) in [4.78, 5) is 25.5. The van der Waals surface area contributed by atoms with Crippen LogP contribution in [0, 0.1) is 25.2 Å². The quantitative estimate of drug-likeness (QED) is 0.383. The molecule has 0 spiro atoms. The molecule has 0 bridgehead atoms. The van der Waals surface area contributed by atoms with Crippen LogP contribution < -0.4 is 5.32 Å². The fourth-order valence-electron chi connectivity index (χ4n) is 3.75. The van der Waals surface area contributed by atoms with Crippen molar-refractivity contribution in [3.63, 3.8) is 0 Å². The summed E-state index contributed by atoms with van der Waals surface area (Å²) in [5.74, 6) is -0.951. The van der Waals surface area contributed by atoms with Crippen molar-refractivity contribution in [1.82, 2.24) is 9.88 Å². The van der Waals surface area contributed by atoms with Gasteiger partial charge in [0.2, 0.25) is 0 Å². The van der Waals surface area contributed by atoms with Gasteiger partial charge in [-0.25, -0.2) is 0 Å². The van der Waals surface area contributed by atoms with E-state index in [2.05, 4.69) is 9.88 Å². The fourth-order valence-corrected chi connectivity index (χ4v) is 4.53. The molecule has 1 aliphatic heterocycles.